The zero-order valence-electron chi connectivity index (χ0n) is 18.4. The van der Waals surface area contributed by atoms with E-state index in [1.165, 1.54) is 12.8 Å². The molecule has 0 spiro atoms. The van der Waals surface area contributed by atoms with E-state index in [1.807, 2.05) is 31.2 Å². The molecule has 2 N–H and O–H groups in total. The van der Waals surface area contributed by atoms with E-state index in [4.69, 9.17) is 0 Å². The number of hydrogen-bond donors (Lipinski definition) is 2. The van der Waals surface area contributed by atoms with Gasteiger partial charge in [-0.25, -0.2) is 8.42 Å². The Labute approximate surface area is 185 Å². The van der Waals surface area contributed by atoms with Gasteiger partial charge in [0.2, 0.25) is 5.91 Å². The molecule has 1 amide bonds. The third kappa shape index (κ3) is 4.79. The first-order chi connectivity index (χ1) is 14.8. The third-order valence-corrected chi connectivity index (χ3v) is 8.26. The molecule has 2 fully saturated rings. The van der Waals surface area contributed by atoms with Gasteiger partial charge in [-0.2, -0.15) is 0 Å². The molecule has 2 aliphatic carbocycles. The molecule has 2 aliphatic rings. The SMILES string of the molecule is CCc1ccc(S(=O)(=O)Nc2ccc(C3(C(=O)NC4CCC(C)CC4)CC3)cc2)cc1. The maximum Gasteiger partial charge on any atom is 0.261 e. The highest BCUT2D eigenvalue weighted by atomic mass is 32.2. The Bertz CT molecular complexity index is 1020. The molecular weight excluding hydrogens is 408 g/mol. The molecule has 0 aromatic heterocycles. The van der Waals surface area contributed by atoms with E-state index in [0.717, 1.165) is 49.1 Å². The summed E-state index contributed by atoms with van der Waals surface area (Å²) in [4.78, 5) is 13.2. The molecule has 0 aliphatic heterocycles. The average Bonchev–Trinajstić information content (AvgIpc) is 3.58. The van der Waals surface area contributed by atoms with Gasteiger partial charge in [0, 0.05) is 11.7 Å². The van der Waals surface area contributed by atoms with Gasteiger partial charge in [-0.1, -0.05) is 38.1 Å². The molecule has 2 aromatic carbocycles. The van der Waals surface area contributed by atoms with E-state index >= 15 is 0 Å². The lowest BCUT2D eigenvalue weighted by Gasteiger charge is -2.28. The van der Waals surface area contributed by atoms with E-state index in [9.17, 15) is 13.2 Å². The Morgan fingerprint density at radius 1 is 0.968 bits per heavy atom. The lowest BCUT2D eigenvalue weighted by Crippen LogP contribution is -2.43. The van der Waals surface area contributed by atoms with E-state index in [0.29, 0.717) is 5.69 Å². The van der Waals surface area contributed by atoms with Crippen molar-refractivity contribution in [2.45, 2.75) is 75.1 Å². The van der Waals surface area contributed by atoms with Gasteiger partial charge in [0.05, 0.1) is 10.3 Å². The predicted molar refractivity (Wildman–Crippen MR) is 124 cm³/mol. The molecule has 0 atom stereocenters. The van der Waals surface area contributed by atoms with Crippen molar-refractivity contribution in [3.05, 3.63) is 59.7 Å². The van der Waals surface area contributed by atoms with E-state index in [2.05, 4.69) is 17.0 Å². The van der Waals surface area contributed by atoms with Gasteiger partial charge < -0.3 is 5.32 Å². The Balaban J connectivity index is 1.42. The second kappa shape index (κ2) is 8.65. The van der Waals surface area contributed by atoms with Gasteiger partial charge in [0.25, 0.3) is 10.0 Å². The van der Waals surface area contributed by atoms with Gasteiger partial charge >= 0.3 is 0 Å². The van der Waals surface area contributed by atoms with Crippen molar-refractivity contribution in [3.63, 3.8) is 0 Å². The van der Waals surface area contributed by atoms with Crippen molar-refractivity contribution in [2.75, 3.05) is 4.72 Å². The summed E-state index contributed by atoms with van der Waals surface area (Å²) < 4.78 is 28.0. The van der Waals surface area contributed by atoms with Gasteiger partial charge in [-0.15, -0.1) is 0 Å². The zero-order chi connectivity index (χ0) is 22.1. The van der Waals surface area contributed by atoms with Gasteiger partial charge in [0.1, 0.15) is 0 Å². The van der Waals surface area contributed by atoms with Crippen molar-refractivity contribution in [1.29, 1.82) is 0 Å². The summed E-state index contributed by atoms with van der Waals surface area (Å²) in [6.45, 7) is 4.31. The molecule has 2 aromatic rings. The van der Waals surface area contributed by atoms with Crippen LogP contribution in [0.4, 0.5) is 5.69 Å². The number of nitrogens with one attached hydrogen (secondary N) is 2. The first-order valence-electron chi connectivity index (χ1n) is 11.4. The Morgan fingerprint density at radius 3 is 2.13 bits per heavy atom. The minimum Gasteiger partial charge on any atom is -0.353 e. The van der Waals surface area contributed by atoms with Crippen LogP contribution in [0, 0.1) is 5.92 Å². The first kappa shape index (κ1) is 21.9. The standard InChI is InChI=1S/C25H32N2O3S/c1-3-19-6-14-23(15-7-19)31(29,30)27-22-12-8-20(9-13-22)25(16-17-25)24(28)26-21-10-4-18(2)5-11-21/h6-9,12-15,18,21,27H,3-5,10-11,16-17H2,1-2H3,(H,26,28). The van der Waals surface area contributed by atoms with Gasteiger partial charge in [-0.3, -0.25) is 9.52 Å². The minimum atomic E-state index is -3.64. The van der Waals surface area contributed by atoms with Crippen molar-refractivity contribution in [2.24, 2.45) is 5.92 Å². The lowest BCUT2D eigenvalue weighted by molar-refractivity contribution is -0.124. The number of rotatable bonds is 7. The van der Waals surface area contributed by atoms with Crippen molar-refractivity contribution in [3.8, 4) is 0 Å². The fraction of sp³-hybridized carbons (Fsp3) is 0.480. The summed E-state index contributed by atoms with van der Waals surface area (Å²) in [5.41, 5.74) is 2.11. The first-order valence-corrected chi connectivity index (χ1v) is 12.8. The molecule has 5 nitrogen and oxygen atoms in total. The number of amides is 1. The van der Waals surface area contributed by atoms with Crippen LogP contribution in [0.15, 0.2) is 53.4 Å². The molecule has 4 rings (SSSR count). The van der Waals surface area contributed by atoms with Crippen LogP contribution in [0.3, 0.4) is 0 Å². The number of anilines is 1. The number of sulfonamides is 1. The van der Waals surface area contributed by atoms with Crippen LogP contribution in [0.1, 0.15) is 63.5 Å². The molecule has 6 heteroatoms. The summed E-state index contributed by atoms with van der Waals surface area (Å²) in [6.07, 6.45) is 7.02. The highest BCUT2D eigenvalue weighted by Gasteiger charge is 2.51. The molecule has 0 saturated heterocycles. The van der Waals surface area contributed by atoms with Crippen LogP contribution in [0.2, 0.25) is 0 Å². The maximum absolute atomic E-state index is 13.0. The Kier molecular flexibility index (Phi) is 6.11. The minimum absolute atomic E-state index is 0.122. The molecule has 2 saturated carbocycles. The topological polar surface area (TPSA) is 75.3 Å². The van der Waals surface area contributed by atoms with Crippen LogP contribution >= 0.6 is 0 Å². The largest absolute Gasteiger partial charge is 0.353 e. The number of hydrogen-bond acceptors (Lipinski definition) is 3. The molecule has 0 bridgehead atoms. The van der Waals surface area contributed by atoms with Crippen LogP contribution in [0.25, 0.3) is 0 Å². The normalized spacial score (nSPS) is 22.5. The maximum atomic E-state index is 13.0. The molecular formula is C25H32N2O3S. The summed E-state index contributed by atoms with van der Waals surface area (Å²) >= 11 is 0. The van der Waals surface area contributed by atoms with Crippen molar-refractivity contribution < 1.29 is 13.2 Å². The number of carbonyl (C=O) groups excluding carboxylic acids is 1. The molecule has 166 valence electrons. The Morgan fingerprint density at radius 2 is 1.58 bits per heavy atom. The van der Waals surface area contributed by atoms with E-state index in [-0.39, 0.29) is 16.8 Å². The molecule has 0 unspecified atom stereocenters. The second-order valence-corrected chi connectivity index (χ2v) is 10.9. The molecule has 0 heterocycles. The predicted octanol–water partition coefficient (Wildman–Crippen LogP) is 4.78. The van der Waals surface area contributed by atoms with Crippen molar-refractivity contribution >= 4 is 21.6 Å². The summed E-state index contributed by atoms with van der Waals surface area (Å²) in [7, 11) is -3.64. The fourth-order valence-corrected chi connectivity index (χ4v) is 5.53. The second-order valence-electron chi connectivity index (χ2n) is 9.19. The molecule has 31 heavy (non-hydrogen) atoms. The lowest BCUT2D eigenvalue weighted by atomic mass is 9.86. The van der Waals surface area contributed by atoms with Crippen LogP contribution in [-0.2, 0) is 26.7 Å². The van der Waals surface area contributed by atoms with Crippen LogP contribution in [-0.4, -0.2) is 20.4 Å². The summed E-state index contributed by atoms with van der Waals surface area (Å²) in [5.74, 6) is 0.875. The zero-order valence-corrected chi connectivity index (χ0v) is 19.2. The van der Waals surface area contributed by atoms with Gasteiger partial charge in [0.15, 0.2) is 0 Å². The van der Waals surface area contributed by atoms with Crippen molar-refractivity contribution in [1.82, 2.24) is 5.32 Å². The monoisotopic (exact) mass is 440 g/mol. The van der Waals surface area contributed by atoms with Gasteiger partial charge in [-0.05, 0) is 86.3 Å². The Hall–Kier alpha value is -2.34. The average molecular weight is 441 g/mol. The highest BCUT2D eigenvalue weighted by molar-refractivity contribution is 7.92. The fourth-order valence-electron chi connectivity index (χ4n) is 4.48. The number of benzene rings is 2. The third-order valence-electron chi connectivity index (χ3n) is 6.87. The summed E-state index contributed by atoms with van der Waals surface area (Å²) in [5, 5.41) is 3.27. The number of aryl methyl sites for hydroxylation is 1. The van der Waals surface area contributed by atoms with Crippen LogP contribution in [0.5, 0.6) is 0 Å². The van der Waals surface area contributed by atoms with E-state index in [1.54, 1.807) is 24.3 Å². The van der Waals surface area contributed by atoms with E-state index < -0.39 is 15.4 Å². The molecule has 0 radical (unpaired) electrons. The summed E-state index contributed by atoms with van der Waals surface area (Å²) in [6, 6.07) is 14.5. The highest BCUT2D eigenvalue weighted by Crippen LogP contribution is 2.49. The quantitative estimate of drug-likeness (QED) is 0.651. The van der Waals surface area contributed by atoms with Crippen LogP contribution < -0.4 is 10.0 Å². The number of carbonyl (C=O) groups is 1. The smallest absolute Gasteiger partial charge is 0.261 e.